The minimum Gasteiger partial charge on any atom is -0.316 e. The topological polar surface area (TPSA) is 12.0 Å². The Morgan fingerprint density at radius 2 is 2.00 bits per heavy atom. The molecule has 0 amide bonds. The number of rotatable bonds is 4. The molecule has 1 nitrogen and oxygen atoms in total. The van der Waals surface area contributed by atoms with E-state index in [0.29, 0.717) is 0 Å². The van der Waals surface area contributed by atoms with E-state index in [1.54, 1.807) is 5.57 Å². The predicted molar refractivity (Wildman–Crippen MR) is 70.1 cm³/mol. The van der Waals surface area contributed by atoms with Gasteiger partial charge in [0.15, 0.2) is 0 Å². The van der Waals surface area contributed by atoms with Crippen molar-refractivity contribution >= 4 is 0 Å². The highest BCUT2D eigenvalue weighted by atomic mass is 14.8. The summed E-state index contributed by atoms with van der Waals surface area (Å²) in [5, 5.41) is 3.23. The maximum atomic E-state index is 3.23. The van der Waals surface area contributed by atoms with Gasteiger partial charge >= 0.3 is 0 Å². The van der Waals surface area contributed by atoms with Gasteiger partial charge in [0.1, 0.15) is 0 Å². The van der Waals surface area contributed by atoms with Crippen molar-refractivity contribution in [2.24, 2.45) is 5.92 Å². The molecule has 15 heavy (non-hydrogen) atoms. The lowest BCUT2D eigenvalue weighted by molar-refractivity contribution is 0.616. The first kappa shape index (κ1) is 14.4. The molecule has 1 aliphatic rings. The second-order valence-electron chi connectivity index (χ2n) is 4.20. The number of nitrogens with one attached hydrogen (secondary N) is 1. The van der Waals surface area contributed by atoms with Crippen LogP contribution in [0, 0.1) is 5.92 Å². The number of hydrogen-bond donors (Lipinski definition) is 1. The normalized spacial score (nSPS) is 15.3. The third kappa shape index (κ3) is 5.78. The molecule has 0 aromatic carbocycles. The largest absolute Gasteiger partial charge is 0.316 e. The molecule has 0 fully saturated rings. The molecule has 0 bridgehead atoms. The smallest absolute Gasteiger partial charge is 0.0201 e. The zero-order valence-electron chi connectivity index (χ0n) is 11.1. The number of allylic oxidation sites excluding steroid dienone is 2. The van der Waals surface area contributed by atoms with E-state index in [1.807, 2.05) is 20.9 Å². The van der Waals surface area contributed by atoms with Crippen LogP contribution >= 0.6 is 0 Å². The van der Waals surface area contributed by atoms with E-state index >= 15 is 0 Å². The van der Waals surface area contributed by atoms with Crippen LogP contribution in [0.4, 0.5) is 0 Å². The molecule has 0 atom stereocenters. The summed E-state index contributed by atoms with van der Waals surface area (Å²) < 4.78 is 0. The molecule has 1 N–H and O–H groups in total. The standard InChI is InChI=1S/C12H21N.C2H6/c1-10(2)8-11-6-4-5-7-12(11)9-13-3;1-2/h5,7,10,13H,4,6,8-9H2,1-3H3;1-2H3. The lowest BCUT2D eigenvalue weighted by Crippen LogP contribution is -2.13. The maximum Gasteiger partial charge on any atom is 0.0201 e. The van der Waals surface area contributed by atoms with Crippen LogP contribution in [-0.2, 0) is 0 Å². The Hall–Kier alpha value is -0.560. The summed E-state index contributed by atoms with van der Waals surface area (Å²) in [6.45, 7) is 9.61. The Morgan fingerprint density at radius 1 is 1.33 bits per heavy atom. The molecule has 0 aliphatic heterocycles. The highest BCUT2D eigenvalue weighted by Crippen LogP contribution is 2.24. The van der Waals surface area contributed by atoms with Gasteiger partial charge in [-0.3, -0.25) is 0 Å². The van der Waals surface area contributed by atoms with Crippen LogP contribution in [-0.4, -0.2) is 13.6 Å². The first-order chi connectivity index (χ1) is 7.24. The van der Waals surface area contributed by atoms with Crippen molar-refractivity contribution in [1.29, 1.82) is 0 Å². The van der Waals surface area contributed by atoms with Gasteiger partial charge in [-0.2, -0.15) is 0 Å². The van der Waals surface area contributed by atoms with Gasteiger partial charge in [-0.1, -0.05) is 45.4 Å². The fourth-order valence-electron chi connectivity index (χ4n) is 1.86. The average Bonchev–Trinajstić information content (AvgIpc) is 2.23. The molecule has 0 aromatic rings. The summed E-state index contributed by atoms with van der Waals surface area (Å²) in [7, 11) is 2.02. The SMILES string of the molecule is CC.CNCC1=C(CC(C)C)CCC=C1. The first-order valence-electron chi connectivity index (χ1n) is 6.26. The fourth-order valence-corrected chi connectivity index (χ4v) is 1.86. The van der Waals surface area contributed by atoms with Gasteiger partial charge in [-0.15, -0.1) is 0 Å². The zero-order valence-corrected chi connectivity index (χ0v) is 11.1. The van der Waals surface area contributed by atoms with E-state index in [2.05, 4.69) is 31.3 Å². The summed E-state index contributed by atoms with van der Waals surface area (Å²) in [5.74, 6) is 0.786. The molecule has 1 rings (SSSR count). The van der Waals surface area contributed by atoms with Gasteiger partial charge < -0.3 is 5.32 Å². The van der Waals surface area contributed by atoms with Gasteiger partial charge in [0.25, 0.3) is 0 Å². The molecule has 0 saturated carbocycles. The van der Waals surface area contributed by atoms with Gasteiger partial charge in [-0.25, -0.2) is 0 Å². The van der Waals surface area contributed by atoms with Crippen molar-refractivity contribution in [3.05, 3.63) is 23.3 Å². The molecule has 88 valence electrons. The van der Waals surface area contributed by atoms with Gasteiger partial charge in [0.05, 0.1) is 0 Å². The second-order valence-corrected chi connectivity index (χ2v) is 4.20. The summed E-state index contributed by atoms with van der Waals surface area (Å²) in [5.41, 5.74) is 3.18. The molecule has 0 spiro atoms. The van der Waals surface area contributed by atoms with E-state index in [4.69, 9.17) is 0 Å². The van der Waals surface area contributed by atoms with Crippen molar-refractivity contribution in [3.63, 3.8) is 0 Å². The molecule has 0 aromatic heterocycles. The van der Waals surface area contributed by atoms with Crippen LogP contribution in [0.2, 0.25) is 0 Å². The monoisotopic (exact) mass is 209 g/mol. The zero-order chi connectivity index (χ0) is 11.7. The van der Waals surface area contributed by atoms with Crippen molar-refractivity contribution in [2.45, 2.75) is 47.0 Å². The third-order valence-corrected chi connectivity index (χ3v) is 2.41. The van der Waals surface area contributed by atoms with E-state index < -0.39 is 0 Å². The van der Waals surface area contributed by atoms with E-state index in [0.717, 1.165) is 12.5 Å². The molecular weight excluding hydrogens is 182 g/mol. The molecule has 1 aliphatic carbocycles. The van der Waals surface area contributed by atoms with Gasteiger partial charge in [-0.05, 0) is 37.8 Å². The quantitative estimate of drug-likeness (QED) is 0.740. The second kappa shape index (κ2) is 8.72. The lowest BCUT2D eigenvalue weighted by Gasteiger charge is -2.17. The summed E-state index contributed by atoms with van der Waals surface area (Å²) >= 11 is 0. The van der Waals surface area contributed by atoms with Crippen LogP contribution in [0.25, 0.3) is 0 Å². The molecule has 0 heterocycles. The van der Waals surface area contributed by atoms with Crippen molar-refractivity contribution in [1.82, 2.24) is 5.32 Å². The van der Waals surface area contributed by atoms with Crippen molar-refractivity contribution < 1.29 is 0 Å². The number of hydrogen-bond acceptors (Lipinski definition) is 1. The van der Waals surface area contributed by atoms with Crippen LogP contribution < -0.4 is 5.32 Å². The highest BCUT2D eigenvalue weighted by Gasteiger charge is 2.08. The molecular formula is C14H27N. The van der Waals surface area contributed by atoms with Gasteiger partial charge in [0, 0.05) is 6.54 Å². The highest BCUT2D eigenvalue weighted by molar-refractivity contribution is 5.30. The van der Waals surface area contributed by atoms with E-state index in [9.17, 15) is 0 Å². The van der Waals surface area contributed by atoms with Crippen molar-refractivity contribution in [3.8, 4) is 0 Å². The summed E-state index contributed by atoms with van der Waals surface area (Å²) in [6, 6.07) is 0. The van der Waals surface area contributed by atoms with E-state index in [1.165, 1.54) is 24.8 Å². The number of likely N-dealkylation sites (N-methyl/N-ethyl adjacent to an activating group) is 1. The summed E-state index contributed by atoms with van der Waals surface area (Å²) in [4.78, 5) is 0. The Bertz CT molecular complexity index is 211. The van der Waals surface area contributed by atoms with E-state index in [-0.39, 0.29) is 0 Å². The lowest BCUT2D eigenvalue weighted by atomic mass is 9.91. The fraction of sp³-hybridized carbons (Fsp3) is 0.714. The Kier molecular flexibility index (Phi) is 8.40. The van der Waals surface area contributed by atoms with Gasteiger partial charge in [0.2, 0.25) is 0 Å². The Morgan fingerprint density at radius 3 is 2.53 bits per heavy atom. The molecule has 0 radical (unpaired) electrons. The Balaban J connectivity index is 0.000000921. The third-order valence-electron chi connectivity index (χ3n) is 2.41. The predicted octanol–water partition coefficient (Wildman–Crippen LogP) is 3.92. The van der Waals surface area contributed by atoms with Crippen LogP contribution in [0.3, 0.4) is 0 Å². The van der Waals surface area contributed by atoms with Crippen LogP contribution in [0.15, 0.2) is 23.3 Å². The van der Waals surface area contributed by atoms with Crippen LogP contribution in [0.5, 0.6) is 0 Å². The minimum atomic E-state index is 0.786. The molecule has 0 unspecified atom stereocenters. The molecule has 1 heteroatoms. The maximum absolute atomic E-state index is 3.23. The summed E-state index contributed by atoms with van der Waals surface area (Å²) in [6.07, 6.45) is 8.34. The first-order valence-corrected chi connectivity index (χ1v) is 6.26. The van der Waals surface area contributed by atoms with Crippen molar-refractivity contribution in [2.75, 3.05) is 13.6 Å². The van der Waals surface area contributed by atoms with Crippen LogP contribution in [0.1, 0.15) is 47.0 Å². The Labute approximate surface area is 95.7 Å². The molecule has 0 saturated heterocycles. The minimum absolute atomic E-state index is 0.786. The average molecular weight is 209 g/mol.